The molecule has 2 nitrogen and oxygen atoms in total. The zero-order chi connectivity index (χ0) is 9.14. The van der Waals surface area contributed by atoms with Gasteiger partial charge in [-0.3, -0.25) is 0 Å². The van der Waals surface area contributed by atoms with Crippen LogP contribution in [0.15, 0.2) is 18.2 Å². The number of ether oxygens (including phenoxy) is 1. The smallest absolute Gasteiger partial charge is 0.137 e. The maximum atomic E-state index is 5.89. The van der Waals surface area contributed by atoms with E-state index in [4.69, 9.17) is 22.1 Å². The Morgan fingerprint density at radius 1 is 1.50 bits per heavy atom. The van der Waals surface area contributed by atoms with Gasteiger partial charge in [-0.1, -0.05) is 17.7 Å². The summed E-state index contributed by atoms with van der Waals surface area (Å²) in [5.41, 5.74) is 6.69. The van der Waals surface area contributed by atoms with E-state index < -0.39 is 0 Å². The average molecular weight is 186 g/mol. The van der Waals surface area contributed by atoms with Crippen LogP contribution >= 0.6 is 11.6 Å². The van der Waals surface area contributed by atoms with Crippen molar-refractivity contribution in [2.75, 3.05) is 7.11 Å². The molecule has 66 valence electrons. The van der Waals surface area contributed by atoms with E-state index in [1.54, 1.807) is 7.11 Å². The summed E-state index contributed by atoms with van der Waals surface area (Å²) >= 11 is 5.89. The van der Waals surface area contributed by atoms with E-state index in [0.717, 1.165) is 5.56 Å². The molecule has 3 heteroatoms. The molecule has 0 amide bonds. The number of benzene rings is 1. The molecule has 0 aromatic heterocycles. The standard InChI is InChI=1S/C9H12ClNO/c1-6(11)7-3-4-9(12-2)8(10)5-7/h3-6H,11H2,1-2H3/t6-/m1/s1. The van der Waals surface area contributed by atoms with Crippen molar-refractivity contribution in [3.63, 3.8) is 0 Å². The van der Waals surface area contributed by atoms with Crippen molar-refractivity contribution < 1.29 is 4.74 Å². The molecule has 1 atom stereocenters. The predicted molar refractivity (Wildman–Crippen MR) is 50.6 cm³/mol. The van der Waals surface area contributed by atoms with Crippen molar-refractivity contribution in [1.29, 1.82) is 0 Å². The average Bonchev–Trinajstić information content (AvgIpc) is 2.04. The summed E-state index contributed by atoms with van der Waals surface area (Å²) in [4.78, 5) is 0. The number of halogens is 1. The molecule has 0 unspecified atom stereocenters. The van der Waals surface area contributed by atoms with Crippen LogP contribution in [-0.4, -0.2) is 7.11 Å². The maximum absolute atomic E-state index is 5.89. The van der Waals surface area contributed by atoms with Crippen LogP contribution in [0.2, 0.25) is 5.02 Å². The molecule has 0 bridgehead atoms. The topological polar surface area (TPSA) is 35.2 Å². The van der Waals surface area contributed by atoms with Crippen molar-refractivity contribution in [1.82, 2.24) is 0 Å². The third-order valence-corrected chi connectivity index (χ3v) is 2.00. The second-order valence-electron chi connectivity index (χ2n) is 2.68. The zero-order valence-corrected chi connectivity index (χ0v) is 7.93. The van der Waals surface area contributed by atoms with Crippen molar-refractivity contribution >= 4 is 11.6 Å². The first-order valence-electron chi connectivity index (χ1n) is 3.74. The van der Waals surface area contributed by atoms with Gasteiger partial charge in [0.05, 0.1) is 12.1 Å². The van der Waals surface area contributed by atoms with E-state index >= 15 is 0 Å². The maximum Gasteiger partial charge on any atom is 0.137 e. The fourth-order valence-corrected chi connectivity index (χ4v) is 1.23. The number of nitrogens with two attached hydrogens (primary N) is 1. The molecule has 0 spiro atoms. The van der Waals surface area contributed by atoms with Gasteiger partial charge in [-0.15, -0.1) is 0 Å². The van der Waals surface area contributed by atoms with Crippen LogP contribution in [0.1, 0.15) is 18.5 Å². The SMILES string of the molecule is COc1ccc([C@@H](C)N)cc1Cl. The van der Waals surface area contributed by atoms with Crippen molar-refractivity contribution in [2.45, 2.75) is 13.0 Å². The van der Waals surface area contributed by atoms with Crippen LogP contribution in [0.4, 0.5) is 0 Å². The Labute approximate surface area is 77.3 Å². The number of hydrogen-bond acceptors (Lipinski definition) is 2. The van der Waals surface area contributed by atoms with Gasteiger partial charge >= 0.3 is 0 Å². The summed E-state index contributed by atoms with van der Waals surface area (Å²) in [5, 5.41) is 0.604. The summed E-state index contributed by atoms with van der Waals surface area (Å²) in [7, 11) is 1.59. The van der Waals surface area contributed by atoms with E-state index in [0.29, 0.717) is 10.8 Å². The molecule has 0 aliphatic rings. The van der Waals surface area contributed by atoms with Crippen LogP contribution in [-0.2, 0) is 0 Å². The lowest BCUT2D eigenvalue weighted by Crippen LogP contribution is -2.04. The van der Waals surface area contributed by atoms with Crippen molar-refractivity contribution in [2.24, 2.45) is 5.73 Å². The van der Waals surface area contributed by atoms with Crippen LogP contribution in [0, 0.1) is 0 Å². The first kappa shape index (κ1) is 9.36. The highest BCUT2D eigenvalue weighted by Crippen LogP contribution is 2.26. The van der Waals surface area contributed by atoms with Crippen LogP contribution in [0.5, 0.6) is 5.75 Å². The van der Waals surface area contributed by atoms with Gasteiger partial charge in [-0.25, -0.2) is 0 Å². The third kappa shape index (κ3) is 1.90. The summed E-state index contributed by atoms with van der Waals surface area (Å²) in [5.74, 6) is 0.682. The molecular weight excluding hydrogens is 174 g/mol. The molecule has 12 heavy (non-hydrogen) atoms. The minimum atomic E-state index is 0.00778. The highest BCUT2D eigenvalue weighted by molar-refractivity contribution is 6.32. The summed E-state index contributed by atoms with van der Waals surface area (Å²) < 4.78 is 5.01. The molecular formula is C9H12ClNO. The number of methoxy groups -OCH3 is 1. The van der Waals surface area contributed by atoms with Crippen LogP contribution < -0.4 is 10.5 Å². The lowest BCUT2D eigenvalue weighted by molar-refractivity contribution is 0.415. The molecule has 0 saturated carbocycles. The van der Waals surface area contributed by atoms with Crippen LogP contribution in [0.3, 0.4) is 0 Å². The van der Waals surface area contributed by atoms with E-state index in [2.05, 4.69) is 0 Å². The van der Waals surface area contributed by atoms with Gasteiger partial charge in [0.25, 0.3) is 0 Å². The highest BCUT2D eigenvalue weighted by Gasteiger charge is 2.03. The number of hydrogen-bond donors (Lipinski definition) is 1. The summed E-state index contributed by atoms with van der Waals surface area (Å²) in [6, 6.07) is 5.56. The lowest BCUT2D eigenvalue weighted by atomic mass is 10.1. The van der Waals surface area contributed by atoms with E-state index in [9.17, 15) is 0 Å². The van der Waals surface area contributed by atoms with E-state index in [-0.39, 0.29) is 6.04 Å². The van der Waals surface area contributed by atoms with E-state index in [1.165, 1.54) is 0 Å². The molecule has 1 aromatic carbocycles. The Morgan fingerprint density at radius 3 is 2.58 bits per heavy atom. The molecule has 1 aromatic rings. The number of rotatable bonds is 2. The van der Waals surface area contributed by atoms with Gasteiger partial charge in [0.15, 0.2) is 0 Å². The van der Waals surface area contributed by atoms with Gasteiger partial charge in [-0.2, -0.15) is 0 Å². The van der Waals surface area contributed by atoms with Crippen molar-refractivity contribution in [3.05, 3.63) is 28.8 Å². The Morgan fingerprint density at radius 2 is 2.17 bits per heavy atom. The predicted octanol–water partition coefficient (Wildman–Crippen LogP) is 2.37. The summed E-state index contributed by atoms with van der Waals surface area (Å²) in [6.45, 7) is 1.91. The third-order valence-electron chi connectivity index (χ3n) is 1.70. The Balaban J connectivity index is 3.02. The molecule has 0 saturated heterocycles. The fourth-order valence-electron chi connectivity index (χ4n) is 0.966. The molecule has 0 fully saturated rings. The first-order chi connectivity index (χ1) is 5.65. The first-order valence-corrected chi connectivity index (χ1v) is 4.12. The van der Waals surface area contributed by atoms with Gasteiger partial charge < -0.3 is 10.5 Å². The molecule has 1 rings (SSSR count). The van der Waals surface area contributed by atoms with Gasteiger partial charge in [0, 0.05) is 6.04 Å². The lowest BCUT2D eigenvalue weighted by Gasteiger charge is -2.08. The molecule has 0 radical (unpaired) electrons. The Kier molecular flexibility index (Phi) is 2.95. The monoisotopic (exact) mass is 185 g/mol. The minimum absolute atomic E-state index is 0.00778. The van der Waals surface area contributed by atoms with Gasteiger partial charge in [0.2, 0.25) is 0 Å². The molecule has 0 aliphatic heterocycles. The second kappa shape index (κ2) is 3.78. The van der Waals surface area contributed by atoms with E-state index in [1.807, 2.05) is 25.1 Å². The largest absolute Gasteiger partial charge is 0.495 e. The summed E-state index contributed by atoms with van der Waals surface area (Å²) in [6.07, 6.45) is 0. The Hall–Kier alpha value is -0.730. The molecule has 0 aliphatic carbocycles. The zero-order valence-electron chi connectivity index (χ0n) is 7.17. The van der Waals surface area contributed by atoms with Crippen LogP contribution in [0.25, 0.3) is 0 Å². The fraction of sp³-hybridized carbons (Fsp3) is 0.333. The minimum Gasteiger partial charge on any atom is -0.495 e. The van der Waals surface area contributed by atoms with Crippen molar-refractivity contribution in [3.8, 4) is 5.75 Å². The Bertz CT molecular complexity index is 273. The molecule has 0 heterocycles. The quantitative estimate of drug-likeness (QED) is 0.768. The molecule has 2 N–H and O–H groups in total. The van der Waals surface area contributed by atoms with Gasteiger partial charge in [0.1, 0.15) is 5.75 Å². The second-order valence-corrected chi connectivity index (χ2v) is 3.09. The highest BCUT2D eigenvalue weighted by atomic mass is 35.5. The van der Waals surface area contributed by atoms with Gasteiger partial charge in [-0.05, 0) is 24.6 Å². The normalized spacial score (nSPS) is 12.7.